The molecule has 0 spiro atoms. The second-order valence-electron chi connectivity index (χ2n) is 17.3. The zero-order chi connectivity index (χ0) is 40.5. The maximum Gasteiger partial charge on any atom is 0.255 e. The molecule has 6 aliphatic rings. The fraction of sp³-hybridized carbons (Fsp3) is 0.489. The predicted octanol–water partition coefficient (Wildman–Crippen LogP) is 5.34. The van der Waals surface area contributed by atoms with Crippen LogP contribution in [0.4, 0.5) is 20.2 Å². The van der Waals surface area contributed by atoms with E-state index in [9.17, 15) is 23.2 Å². The number of para-hydroxylation sites is 1. The molecule has 6 aliphatic heterocycles. The summed E-state index contributed by atoms with van der Waals surface area (Å²) in [6.07, 6.45) is 0.953. The van der Waals surface area contributed by atoms with Gasteiger partial charge in [0.05, 0.1) is 31.4 Å². The molecule has 14 heteroatoms. The van der Waals surface area contributed by atoms with Crippen LogP contribution in [0.3, 0.4) is 0 Å². The molecular weight excluding hydrogens is 757 g/mol. The van der Waals surface area contributed by atoms with Crippen LogP contribution in [0.1, 0.15) is 71.4 Å². The number of hydrogen-bond acceptors (Lipinski definition) is 9. The quantitative estimate of drug-likeness (QED) is 0.228. The molecule has 4 atom stereocenters. The highest BCUT2D eigenvalue weighted by Crippen LogP contribution is 2.45. The molecular formula is C45H51F2N7O5. The first-order chi connectivity index (χ1) is 28.6. The van der Waals surface area contributed by atoms with Crippen molar-refractivity contribution < 1.29 is 32.6 Å². The zero-order valence-electron chi connectivity index (χ0n) is 33.6. The maximum absolute atomic E-state index is 14.1. The third-order valence-corrected chi connectivity index (χ3v) is 13.8. The zero-order valence-corrected chi connectivity index (χ0v) is 33.6. The molecule has 4 aromatic rings. The Morgan fingerprint density at radius 3 is 2.59 bits per heavy atom. The van der Waals surface area contributed by atoms with Crippen LogP contribution >= 0.6 is 0 Å². The number of amides is 3. The summed E-state index contributed by atoms with van der Waals surface area (Å²) in [4.78, 5) is 52.2. The van der Waals surface area contributed by atoms with Crippen molar-refractivity contribution in [1.82, 2.24) is 25.0 Å². The first-order valence-corrected chi connectivity index (χ1v) is 21.1. The van der Waals surface area contributed by atoms with Gasteiger partial charge in [-0.3, -0.25) is 29.5 Å². The molecule has 3 saturated heterocycles. The van der Waals surface area contributed by atoms with Crippen LogP contribution in [0.15, 0.2) is 54.6 Å². The minimum atomic E-state index is -2.45. The Balaban J connectivity index is 0.783. The van der Waals surface area contributed by atoms with Crippen molar-refractivity contribution in [2.45, 2.75) is 76.2 Å². The summed E-state index contributed by atoms with van der Waals surface area (Å²) in [5, 5.41) is 3.53. The smallest absolute Gasteiger partial charge is 0.255 e. The van der Waals surface area contributed by atoms with Gasteiger partial charge >= 0.3 is 0 Å². The molecule has 0 saturated carbocycles. The van der Waals surface area contributed by atoms with Crippen molar-refractivity contribution in [2.75, 3.05) is 69.3 Å². The highest BCUT2D eigenvalue weighted by atomic mass is 19.3. The van der Waals surface area contributed by atoms with Crippen LogP contribution in [-0.2, 0) is 22.6 Å². The van der Waals surface area contributed by atoms with E-state index in [-0.39, 0.29) is 42.9 Å². The Kier molecular flexibility index (Phi) is 9.74. The molecule has 10 rings (SSSR count). The summed E-state index contributed by atoms with van der Waals surface area (Å²) in [6.45, 7) is 8.21. The van der Waals surface area contributed by atoms with E-state index in [1.165, 1.54) is 5.56 Å². The number of halogens is 2. The van der Waals surface area contributed by atoms with Gasteiger partial charge in [0.25, 0.3) is 12.3 Å². The molecule has 0 bridgehead atoms. The number of aromatic amines is 1. The number of nitrogens with zero attached hydrogens (tertiary/aromatic N) is 5. The lowest BCUT2D eigenvalue weighted by Crippen LogP contribution is -2.58. The average Bonchev–Trinajstić information content (AvgIpc) is 3.76. The monoisotopic (exact) mass is 807 g/mol. The van der Waals surface area contributed by atoms with E-state index in [1.54, 1.807) is 12.0 Å². The number of rotatable bonds is 8. The van der Waals surface area contributed by atoms with Gasteiger partial charge in [0.15, 0.2) is 0 Å². The number of anilines is 2. The Labute approximate surface area is 342 Å². The molecule has 310 valence electrons. The lowest BCUT2D eigenvalue weighted by atomic mass is 9.88. The number of carbonyl (C=O) groups excluding carboxylic acids is 3. The summed E-state index contributed by atoms with van der Waals surface area (Å²) in [5.74, 6) is 1.10. The summed E-state index contributed by atoms with van der Waals surface area (Å²) >= 11 is 0. The predicted molar refractivity (Wildman–Crippen MR) is 220 cm³/mol. The third kappa shape index (κ3) is 6.77. The molecule has 0 radical (unpaired) electrons. The van der Waals surface area contributed by atoms with Crippen LogP contribution < -0.4 is 24.6 Å². The number of piperazine rings is 1. The van der Waals surface area contributed by atoms with Gasteiger partial charge in [0, 0.05) is 97.8 Å². The highest BCUT2D eigenvalue weighted by molar-refractivity contribution is 6.06. The van der Waals surface area contributed by atoms with Gasteiger partial charge in [-0.1, -0.05) is 24.3 Å². The average molecular weight is 808 g/mol. The number of fused-ring (bicyclic) bond motifs is 7. The van der Waals surface area contributed by atoms with Crippen molar-refractivity contribution in [2.24, 2.45) is 5.92 Å². The number of ether oxygens (including phenoxy) is 2. The van der Waals surface area contributed by atoms with Gasteiger partial charge in [0.1, 0.15) is 24.1 Å². The second-order valence-corrected chi connectivity index (χ2v) is 17.3. The van der Waals surface area contributed by atoms with Crippen molar-refractivity contribution in [3.63, 3.8) is 0 Å². The van der Waals surface area contributed by atoms with Crippen molar-refractivity contribution >= 4 is 40.0 Å². The first kappa shape index (κ1) is 38.0. The van der Waals surface area contributed by atoms with Crippen LogP contribution in [0.2, 0.25) is 0 Å². The Bertz CT molecular complexity index is 2310. The first-order valence-electron chi connectivity index (χ1n) is 21.1. The van der Waals surface area contributed by atoms with Crippen LogP contribution in [0, 0.1) is 5.92 Å². The molecule has 12 nitrogen and oxygen atoms in total. The van der Waals surface area contributed by atoms with Gasteiger partial charge in [0.2, 0.25) is 11.8 Å². The molecule has 1 aromatic heterocycles. The van der Waals surface area contributed by atoms with Crippen molar-refractivity contribution in [1.29, 1.82) is 0 Å². The largest absolute Gasteiger partial charge is 0.496 e. The second kappa shape index (κ2) is 15.1. The molecule has 59 heavy (non-hydrogen) atoms. The highest BCUT2D eigenvalue weighted by Gasteiger charge is 2.42. The number of alkyl halides is 2. The van der Waals surface area contributed by atoms with Gasteiger partial charge in [-0.25, -0.2) is 8.78 Å². The molecule has 3 amide bonds. The number of H-pyrrole nitrogens is 1. The molecule has 2 N–H and O–H groups in total. The van der Waals surface area contributed by atoms with E-state index in [0.29, 0.717) is 49.0 Å². The summed E-state index contributed by atoms with van der Waals surface area (Å²) in [7, 11) is 1.67. The fourth-order valence-corrected chi connectivity index (χ4v) is 10.8. The van der Waals surface area contributed by atoms with E-state index >= 15 is 0 Å². The van der Waals surface area contributed by atoms with E-state index in [2.05, 4.69) is 61.4 Å². The Morgan fingerprint density at radius 1 is 0.966 bits per heavy atom. The number of benzene rings is 3. The number of nitrogens with one attached hydrogen (secondary N) is 2. The SMILES string of the molecule is COc1cc(N2CCC(CN3CCN4c5cc6c(cc5OC[C@@H]4C3)C(=O)N([C@@H]3CCC(=O)NC3=O)C6)CC2)ccc1[C@H]1c2[nH]c3ccccc3c2C[C@H](C)N1CC(F)F. The van der Waals surface area contributed by atoms with Crippen molar-refractivity contribution in [3.8, 4) is 11.5 Å². The lowest BCUT2D eigenvalue weighted by molar-refractivity contribution is -0.136. The number of imide groups is 1. The van der Waals surface area contributed by atoms with E-state index < -0.39 is 18.4 Å². The van der Waals surface area contributed by atoms with Crippen LogP contribution in [-0.4, -0.2) is 121 Å². The van der Waals surface area contributed by atoms with Gasteiger partial charge in [-0.15, -0.1) is 0 Å². The Morgan fingerprint density at radius 2 is 1.80 bits per heavy atom. The summed E-state index contributed by atoms with van der Waals surface area (Å²) in [6, 6.07) is 17.5. The minimum Gasteiger partial charge on any atom is -0.496 e. The van der Waals surface area contributed by atoms with Gasteiger partial charge in [-0.05, 0) is 73.9 Å². The summed E-state index contributed by atoms with van der Waals surface area (Å²) in [5.41, 5.74) is 7.65. The van der Waals surface area contributed by atoms with E-state index in [0.717, 1.165) is 91.2 Å². The molecule has 3 aromatic carbocycles. The summed E-state index contributed by atoms with van der Waals surface area (Å²) < 4.78 is 40.5. The van der Waals surface area contributed by atoms with Crippen molar-refractivity contribution in [3.05, 3.63) is 82.5 Å². The molecule has 3 fully saturated rings. The number of piperidine rings is 2. The Hall–Kier alpha value is -5.21. The van der Waals surface area contributed by atoms with E-state index in [4.69, 9.17) is 9.47 Å². The molecule has 0 aliphatic carbocycles. The van der Waals surface area contributed by atoms with E-state index in [1.807, 2.05) is 30.0 Å². The number of carbonyl (C=O) groups is 3. The van der Waals surface area contributed by atoms with Crippen LogP contribution in [0.25, 0.3) is 10.9 Å². The number of methoxy groups -OCH3 is 1. The third-order valence-electron chi connectivity index (χ3n) is 13.8. The topological polar surface area (TPSA) is 114 Å². The normalized spacial score (nSPS) is 25.2. The van der Waals surface area contributed by atoms with Crippen LogP contribution in [0.5, 0.6) is 11.5 Å². The number of aromatic nitrogens is 1. The standard InChI is InChI=1S/C45H51F2N7O5/c1-26-17-34-31-5-3-4-6-35(31)48-42(34)43(53(26)24-40(46)47)32-8-7-29(19-38(32)58-2)51-13-11-27(12-14-51)21-50-15-16-52-30(23-50)25-59-39-20-33-28(18-37(39)52)22-54(45(33)57)36-9-10-41(55)49-44(36)56/h3-8,18-20,26-27,30,36,40,43,48H,9-17,21-25H2,1-2H3,(H,49,55,56)/t26-,30-,36+,43-/m0/s1. The minimum absolute atomic E-state index is 0.0684. The maximum atomic E-state index is 14.1. The molecule has 7 heterocycles. The molecule has 0 unspecified atom stereocenters. The lowest BCUT2D eigenvalue weighted by Gasteiger charge is -2.47. The van der Waals surface area contributed by atoms with Gasteiger partial charge in [-0.2, -0.15) is 0 Å². The van der Waals surface area contributed by atoms with Gasteiger partial charge < -0.3 is 29.2 Å². The fourth-order valence-electron chi connectivity index (χ4n) is 10.8. The number of hydrogen-bond donors (Lipinski definition) is 2.